The normalized spacial score (nSPS) is 25.7. The maximum absolute atomic E-state index is 12.1. The minimum Gasteiger partial charge on any atom is -0.356 e. The molecule has 0 bridgehead atoms. The zero-order chi connectivity index (χ0) is 13.4. The van der Waals surface area contributed by atoms with Gasteiger partial charge in [-0.3, -0.25) is 4.79 Å². The Balaban J connectivity index is 2.26. The van der Waals surface area contributed by atoms with Gasteiger partial charge in [-0.05, 0) is 56.9 Å². The first-order valence-electron chi connectivity index (χ1n) is 7.65. The Morgan fingerprint density at radius 1 is 1.28 bits per heavy atom. The highest BCUT2D eigenvalue weighted by molar-refractivity contribution is 5.78. The van der Waals surface area contributed by atoms with Crippen LogP contribution >= 0.6 is 0 Å². The Bertz CT molecular complexity index is 229. The van der Waals surface area contributed by atoms with Gasteiger partial charge >= 0.3 is 0 Å². The SMILES string of the molecule is CCCC(CCN)CNC(=O)C1CCC(C)CC1. The first-order chi connectivity index (χ1) is 8.67. The topological polar surface area (TPSA) is 55.1 Å². The molecule has 1 fully saturated rings. The third kappa shape index (κ3) is 5.38. The molecular weight excluding hydrogens is 224 g/mol. The predicted octanol–water partition coefficient (Wildman–Crippen LogP) is 2.69. The van der Waals surface area contributed by atoms with Crippen molar-refractivity contribution in [1.29, 1.82) is 0 Å². The summed E-state index contributed by atoms with van der Waals surface area (Å²) < 4.78 is 0. The number of nitrogens with two attached hydrogens (primary N) is 1. The summed E-state index contributed by atoms with van der Waals surface area (Å²) in [6.07, 6.45) is 7.92. The van der Waals surface area contributed by atoms with Crippen molar-refractivity contribution in [2.75, 3.05) is 13.1 Å². The van der Waals surface area contributed by atoms with Crippen molar-refractivity contribution in [3.05, 3.63) is 0 Å². The molecule has 0 aromatic heterocycles. The number of carbonyl (C=O) groups is 1. The van der Waals surface area contributed by atoms with Crippen LogP contribution in [0.25, 0.3) is 0 Å². The summed E-state index contributed by atoms with van der Waals surface area (Å²) >= 11 is 0. The van der Waals surface area contributed by atoms with E-state index in [0.29, 0.717) is 5.92 Å². The van der Waals surface area contributed by atoms with Crippen LogP contribution in [0.5, 0.6) is 0 Å². The summed E-state index contributed by atoms with van der Waals surface area (Å²) in [5.41, 5.74) is 5.61. The minimum absolute atomic E-state index is 0.265. The van der Waals surface area contributed by atoms with Crippen molar-refractivity contribution < 1.29 is 4.79 Å². The maximum atomic E-state index is 12.1. The van der Waals surface area contributed by atoms with Crippen molar-refractivity contribution in [1.82, 2.24) is 5.32 Å². The summed E-state index contributed by atoms with van der Waals surface area (Å²) in [6.45, 7) is 6.01. The van der Waals surface area contributed by atoms with E-state index in [9.17, 15) is 4.79 Å². The molecule has 106 valence electrons. The lowest BCUT2D eigenvalue weighted by atomic mass is 9.82. The monoisotopic (exact) mass is 254 g/mol. The second kappa shape index (κ2) is 8.52. The summed E-state index contributed by atoms with van der Waals surface area (Å²) in [5, 5.41) is 3.14. The fourth-order valence-electron chi connectivity index (χ4n) is 2.90. The molecule has 1 aliphatic rings. The van der Waals surface area contributed by atoms with Crippen molar-refractivity contribution >= 4 is 5.91 Å². The molecule has 3 N–H and O–H groups in total. The van der Waals surface area contributed by atoms with Gasteiger partial charge in [0.25, 0.3) is 0 Å². The van der Waals surface area contributed by atoms with E-state index < -0.39 is 0 Å². The molecule has 0 aliphatic heterocycles. The number of amides is 1. The van der Waals surface area contributed by atoms with Crippen LogP contribution in [0.2, 0.25) is 0 Å². The Morgan fingerprint density at radius 3 is 2.50 bits per heavy atom. The highest BCUT2D eigenvalue weighted by Crippen LogP contribution is 2.28. The Kier molecular flexibility index (Phi) is 7.33. The van der Waals surface area contributed by atoms with Crippen molar-refractivity contribution in [2.45, 2.75) is 58.8 Å². The molecule has 1 saturated carbocycles. The van der Waals surface area contributed by atoms with Crippen LogP contribution in [0, 0.1) is 17.8 Å². The molecule has 1 atom stereocenters. The first-order valence-corrected chi connectivity index (χ1v) is 7.65. The number of nitrogens with one attached hydrogen (secondary N) is 1. The third-order valence-corrected chi connectivity index (χ3v) is 4.22. The molecule has 0 aromatic rings. The second-order valence-corrected chi connectivity index (χ2v) is 5.93. The summed E-state index contributed by atoms with van der Waals surface area (Å²) in [4.78, 5) is 12.1. The highest BCUT2D eigenvalue weighted by atomic mass is 16.1. The average molecular weight is 254 g/mol. The van der Waals surface area contributed by atoms with Gasteiger partial charge in [0.1, 0.15) is 0 Å². The number of hydrogen-bond donors (Lipinski definition) is 2. The number of carbonyl (C=O) groups excluding carboxylic acids is 1. The first kappa shape index (κ1) is 15.5. The van der Waals surface area contributed by atoms with Crippen LogP contribution in [0.4, 0.5) is 0 Å². The standard InChI is InChI=1S/C15H30N2O/c1-3-4-13(9-10-16)11-17-15(18)14-7-5-12(2)6-8-14/h12-14H,3-11,16H2,1-2H3,(H,17,18). The molecule has 1 rings (SSSR count). The van der Waals surface area contributed by atoms with Gasteiger partial charge < -0.3 is 11.1 Å². The Labute approximate surface area is 112 Å². The molecule has 1 unspecified atom stereocenters. The predicted molar refractivity (Wildman–Crippen MR) is 76.2 cm³/mol. The zero-order valence-electron chi connectivity index (χ0n) is 12.1. The molecule has 1 aliphatic carbocycles. The smallest absolute Gasteiger partial charge is 0.223 e. The van der Waals surface area contributed by atoms with E-state index in [1.165, 1.54) is 25.7 Å². The molecule has 0 radical (unpaired) electrons. The lowest BCUT2D eigenvalue weighted by molar-refractivity contribution is -0.126. The van der Waals surface area contributed by atoms with E-state index in [1.807, 2.05) is 0 Å². The van der Waals surface area contributed by atoms with Gasteiger partial charge in [-0.15, -0.1) is 0 Å². The van der Waals surface area contributed by atoms with E-state index in [-0.39, 0.29) is 11.8 Å². The summed E-state index contributed by atoms with van der Waals surface area (Å²) in [6, 6.07) is 0. The lowest BCUT2D eigenvalue weighted by Gasteiger charge is -2.26. The Hall–Kier alpha value is -0.570. The van der Waals surface area contributed by atoms with Crippen LogP contribution in [0.15, 0.2) is 0 Å². The third-order valence-electron chi connectivity index (χ3n) is 4.22. The highest BCUT2D eigenvalue weighted by Gasteiger charge is 2.24. The van der Waals surface area contributed by atoms with E-state index in [1.54, 1.807) is 0 Å². The van der Waals surface area contributed by atoms with E-state index in [0.717, 1.165) is 38.3 Å². The lowest BCUT2D eigenvalue weighted by Crippen LogP contribution is -2.36. The van der Waals surface area contributed by atoms with E-state index >= 15 is 0 Å². The van der Waals surface area contributed by atoms with Gasteiger partial charge in [0, 0.05) is 12.5 Å². The molecule has 3 heteroatoms. The zero-order valence-corrected chi connectivity index (χ0v) is 12.1. The number of rotatable bonds is 7. The van der Waals surface area contributed by atoms with Crippen molar-refractivity contribution in [3.8, 4) is 0 Å². The van der Waals surface area contributed by atoms with Gasteiger partial charge in [0.05, 0.1) is 0 Å². The van der Waals surface area contributed by atoms with Crippen molar-refractivity contribution in [2.24, 2.45) is 23.5 Å². The van der Waals surface area contributed by atoms with Gasteiger partial charge in [0.2, 0.25) is 5.91 Å². The van der Waals surface area contributed by atoms with Crippen molar-refractivity contribution in [3.63, 3.8) is 0 Å². The van der Waals surface area contributed by atoms with Gasteiger partial charge in [-0.2, -0.15) is 0 Å². The van der Waals surface area contributed by atoms with E-state index in [4.69, 9.17) is 5.73 Å². The summed E-state index contributed by atoms with van der Waals surface area (Å²) in [5.74, 6) is 1.91. The molecule has 0 aromatic carbocycles. The summed E-state index contributed by atoms with van der Waals surface area (Å²) in [7, 11) is 0. The van der Waals surface area contributed by atoms with Gasteiger partial charge in [-0.25, -0.2) is 0 Å². The number of hydrogen-bond acceptors (Lipinski definition) is 2. The molecule has 0 spiro atoms. The minimum atomic E-state index is 0.265. The van der Waals surface area contributed by atoms with Crippen LogP contribution < -0.4 is 11.1 Å². The second-order valence-electron chi connectivity index (χ2n) is 5.93. The van der Waals surface area contributed by atoms with Crippen LogP contribution in [-0.2, 0) is 4.79 Å². The Morgan fingerprint density at radius 2 is 1.94 bits per heavy atom. The molecule has 3 nitrogen and oxygen atoms in total. The van der Waals surface area contributed by atoms with Crippen LogP contribution in [0.3, 0.4) is 0 Å². The quantitative estimate of drug-likeness (QED) is 0.734. The fourth-order valence-corrected chi connectivity index (χ4v) is 2.90. The molecule has 1 amide bonds. The van der Waals surface area contributed by atoms with Crippen LogP contribution in [-0.4, -0.2) is 19.0 Å². The largest absolute Gasteiger partial charge is 0.356 e. The van der Waals surface area contributed by atoms with Crippen LogP contribution in [0.1, 0.15) is 58.8 Å². The molecule has 0 saturated heterocycles. The van der Waals surface area contributed by atoms with Gasteiger partial charge in [-0.1, -0.05) is 20.3 Å². The van der Waals surface area contributed by atoms with Gasteiger partial charge in [0.15, 0.2) is 0 Å². The van der Waals surface area contributed by atoms with E-state index in [2.05, 4.69) is 19.2 Å². The molecule has 18 heavy (non-hydrogen) atoms. The maximum Gasteiger partial charge on any atom is 0.223 e. The average Bonchev–Trinajstić information content (AvgIpc) is 2.37. The molecular formula is C15H30N2O. The fraction of sp³-hybridized carbons (Fsp3) is 0.933. The molecule has 0 heterocycles.